The van der Waals surface area contributed by atoms with E-state index in [-0.39, 0.29) is 0 Å². The number of nitrogens with zero attached hydrogens (tertiary/aromatic N) is 1. The maximum absolute atomic E-state index is 2.41. The van der Waals surface area contributed by atoms with E-state index in [1.54, 1.807) is 0 Å². The van der Waals surface area contributed by atoms with Crippen LogP contribution < -0.4 is 4.90 Å². The molecule has 8 rings (SSSR count). The Morgan fingerprint density at radius 3 is 1.78 bits per heavy atom. The maximum atomic E-state index is 2.41. The highest BCUT2D eigenvalue weighted by atomic mass is 15.1. The van der Waals surface area contributed by atoms with Gasteiger partial charge in [0.15, 0.2) is 0 Å². The van der Waals surface area contributed by atoms with Crippen molar-refractivity contribution in [2.24, 2.45) is 0 Å². The third-order valence-electron chi connectivity index (χ3n) is 8.20. The van der Waals surface area contributed by atoms with Crippen molar-refractivity contribution in [3.63, 3.8) is 0 Å². The first-order valence-electron chi connectivity index (χ1n) is 14.1. The fourth-order valence-corrected chi connectivity index (χ4v) is 6.23. The van der Waals surface area contributed by atoms with Gasteiger partial charge in [0.05, 0.1) is 5.69 Å². The van der Waals surface area contributed by atoms with Gasteiger partial charge in [-0.15, -0.1) is 0 Å². The molecule has 0 aliphatic rings. The van der Waals surface area contributed by atoms with Crippen LogP contribution in [0.5, 0.6) is 0 Å². The highest BCUT2D eigenvalue weighted by molar-refractivity contribution is 6.19. The summed E-state index contributed by atoms with van der Waals surface area (Å²) in [6, 6.07) is 59.3. The van der Waals surface area contributed by atoms with E-state index in [2.05, 4.69) is 169 Å². The van der Waals surface area contributed by atoms with Crippen molar-refractivity contribution >= 4 is 60.2 Å². The summed E-state index contributed by atoms with van der Waals surface area (Å²) < 4.78 is 0. The predicted molar refractivity (Wildman–Crippen MR) is 177 cm³/mol. The zero-order chi connectivity index (χ0) is 27.2. The Morgan fingerprint density at radius 1 is 0.293 bits per heavy atom. The minimum atomic E-state index is 1.13. The zero-order valence-electron chi connectivity index (χ0n) is 22.5. The van der Waals surface area contributed by atoms with E-state index in [1.807, 2.05) is 0 Å². The van der Waals surface area contributed by atoms with Gasteiger partial charge in [0.1, 0.15) is 0 Å². The second-order valence-electron chi connectivity index (χ2n) is 10.6. The van der Waals surface area contributed by atoms with Crippen LogP contribution in [0.3, 0.4) is 0 Å². The summed E-state index contributed by atoms with van der Waals surface area (Å²) in [4.78, 5) is 2.41. The second-order valence-corrected chi connectivity index (χ2v) is 10.6. The largest absolute Gasteiger partial charge is 0.310 e. The number of fused-ring (bicyclic) bond motifs is 6. The molecule has 8 aromatic rings. The third kappa shape index (κ3) is 4.02. The number of rotatable bonds is 4. The summed E-state index contributed by atoms with van der Waals surface area (Å²) in [7, 11) is 0. The minimum absolute atomic E-state index is 1.13. The molecule has 0 saturated carbocycles. The van der Waals surface area contributed by atoms with Crippen molar-refractivity contribution in [1.29, 1.82) is 0 Å². The summed E-state index contributed by atoms with van der Waals surface area (Å²) in [6.07, 6.45) is 0. The molecule has 0 saturated heterocycles. The minimum Gasteiger partial charge on any atom is -0.310 e. The Hall–Kier alpha value is -5.40. The predicted octanol–water partition coefficient (Wildman–Crippen LogP) is 11.4. The molecule has 1 heteroatoms. The number of hydrogen-bond acceptors (Lipinski definition) is 1. The Balaban J connectivity index is 1.39. The van der Waals surface area contributed by atoms with E-state index in [0.717, 1.165) is 17.1 Å². The maximum Gasteiger partial charge on any atom is 0.0540 e. The Kier molecular flexibility index (Phi) is 5.53. The smallest absolute Gasteiger partial charge is 0.0540 e. The monoisotopic (exact) mass is 521 g/mol. The van der Waals surface area contributed by atoms with Crippen molar-refractivity contribution in [3.8, 4) is 11.1 Å². The molecule has 0 amide bonds. The van der Waals surface area contributed by atoms with E-state index in [9.17, 15) is 0 Å². The van der Waals surface area contributed by atoms with Gasteiger partial charge in [-0.25, -0.2) is 0 Å². The number of benzene rings is 8. The van der Waals surface area contributed by atoms with Crippen LogP contribution in [0.1, 0.15) is 0 Å². The molecular formula is C40H27N. The van der Waals surface area contributed by atoms with E-state index < -0.39 is 0 Å². The molecule has 1 nitrogen and oxygen atoms in total. The fraction of sp³-hybridized carbons (Fsp3) is 0. The van der Waals surface area contributed by atoms with Gasteiger partial charge in [0.2, 0.25) is 0 Å². The van der Waals surface area contributed by atoms with Crippen LogP contribution in [0.15, 0.2) is 164 Å². The molecule has 0 N–H and O–H groups in total. The average Bonchev–Trinajstić information content (AvgIpc) is 3.05. The molecule has 0 radical (unpaired) electrons. The van der Waals surface area contributed by atoms with Crippen LogP contribution in [0.25, 0.3) is 54.2 Å². The summed E-state index contributed by atoms with van der Waals surface area (Å²) in [6.45, 7) is 0. The lowest BCUT2D eigenvalue weighted by Crippen LogP contribution is -2.10. The summed E-state index contributed by atoms with van der Waals surface area (Å²) in [5.41, 5.74) is 5.85. The molecule has 8 aromatic carbocycles. The zero-order valence-corrected chi connectivity index (χ0v) is 22.5. The lowest BCUT2D eigenvalue weighted by atomic mass is 9.96. The van der Waals surface area contributed by atoms with E-state index in [0.29, 0.717) is 0 Å². The van der Waals surface area contributed by atoms with E-state index >= 15 is 0 Å². The summed E-state index contributed by atoms with van der Waals surface area (Å²) in [5, 5.41) is 10.1. The number of anilines is 3. The van der Waals surface area contributed by atoms with Crippen LogP contribution in [0.4, 0.5) is 17.1 Å². The van der Waals surface area contributed by atoms with Crippen LogP contribution in [-0.4, -0.2) is 0 Å². The van der Waals surface area contributed by atoms with Gasteiger partial charge in [-0.2, -0.15) is 0 Å². The highest BCUT2D eigenvalue weighted by Gasteiger charge is 2.17. The van der Waals surface area contributed by atoms with Crippen LogP contribution in [-0.2, 0) is 0 Å². The van der Waals surface area contributed by atoms with Gasteiger partial charge in [-0.3, -0.25) is 0 Å². The molecule has 0 unspecified atom stereocenters. The summed E-state index contributed by atoms with van der Waals surface area (Å²) in [5.74, 6) is 0. The van der Waals surface area contributed by atoms with Gasteiger partial charge in [0.25, 0.3) is 0 Å². The molecule has 0 spiro atoms. The lowest BCUT2D eigenvalue weighted by molar-refractivity contribution is 1.30. The van der Waals surface area contributed by atoms with Gasteiger partial charge in [-0.1, -0.05) is 133 Å². The molecule has 192 valence electrons. The second kappa shape index (κ2) is 9.66. The third-order valence-corrected chi connectivity index (χ3v) is 8.20. The van der Waals surface area contributed by atoms with Crippen molar-refractivity contribution in [2.75, 3.05) is 4.90 Å². The molecule has 0 fully saturated rings. The Bertz CT molecular complexity index is 2210. The molecule has 0 aromatic heterocycles. The molecule has 0 aliphatic carbocycles. The standard InChI is InChI=1S/C40H27N/c1-2-10-28(11-3-1)32-15-8-16-33(26-32)41(34-22-20-29-12-4-5-14-31(29)27-34)40-19-9-18-36-38-23-21-30-13-6-7-17-35(30)37(38)24-25-39(36)40/h1-27H. The van der Waals surface area contributed by atoms with Crippen molar-refractivity contribution in [1.82, 2.24) is 0 Å². The average molecular weight is 522 g/mol. The topological polar surface area (TPSA) is 3.24 Å². The van der Waals surface area contributed by atoms with Gasteiger partial charge in [0, 0.05) is 16.8 Å². The first-order chi connectivity index (χ1) is 20.3. The SMILES string of the molecule is c1ccc(-c2cccc(N(c3ccc4ccccc4c3)c3cccc4c3ccc3c5ccccc5ccc43)c2)cc1. The number of hydrogen-bond donors (Lipinski definition) is 0. The van der Waals surface area contributed by atoms with Gasteiger partial charge >= 0.3 is 0 Å². The molecule has 0 bridgehead atoms. The Morgan fingerprint density at radius 2 is 0.878 bits per heavy atom. The molecule has 41 heavy (non-hydrogen) atoms. The normalized spacial score (nSPS) is 11.4. The molecular weight excluding hydrogens is 494 g/mol. The first-order valence-corrected chi connectivity index (χ1v) is 14.1. The Labute approximate surface area is 239 Å². The van der Waals surface area contributed by atoms with E-state index in [4.69, 9.17) is 0 Å². The fourth-order valence-electron chi connectivity index (χ4n) is 6.23. The van der Waals surface area contributed by atoms with Crippen molar-refractivity contribution in [2.45, 2.75) is 0 Å². The lowest BCUT2D eigenvalue weighted by Gasteiger charge is -2.28. The van der Waals surface area contributed by atoms with Crippen LogP contribution >= 0.6 is 0 Å². The van der Waals surface area contributed by atoms with E-state index in [1.165, 1.54) is 54.2 Å². The van der Waals surface area contributed by atoms with Gasteiger partial charge in [-0.05, 0) is 79.2 Å². The highest BCUT2D eigenvalue weighted by Crippen LogP contribution is 2.43. The van der Waals surface area contributed by atoms with Crippen LogP contribution in [0, 0.1) is 0 Å². The first kappa shape index (κ1) is 23.5. The summed E-state index contributed by atoms with van der Waals surface area (Å²) >= 11 is 0. The van der Waals surface area contributed by atoms with Gasteiger partial charge < -0.3 is 4.90 Å². The molecule has 0 heterocycles. The quantitative estimate of drug-likeness (QED) is 0.208. The van der Waals surface area contributed by atoms with Crippen molar-refractivity contribution in [3.05, 3.63) is 164 Å². The molecule has 0 aliphatic heterocycles. The van der Waals surface area contributed by atoms with Crippen LogP contribution in [0.2, 0.25) is 0 Å². The van der Waals surface area contributed by atoms with Crippen molar-refractivity contribution < 1.29 is 0 Å². The molecule has 0 atom stereocenters.